The Balaban J connectivity index is 1.57. The van der Waals surface area contributed by atoms with Gasteiger partial charge in [-0.1, -0.05) is 17.2 Å². The first kappa shape index (κ1) is 13.7. The number of benzene rings is 1. The predicted molar refractivity (Wildman–Crippen MR) is 77.5 cm³/mol. The van der Waals surface area contributed by atoms with E-state index in [1.807, 2.05) is 0 Å². The van der Waals surface area contributed by atoms with Crippen LogP contribution in [0.15, 0.2) is 36.5 Å². The Morgan fingerprint density at radius 3 is 2.30 bits per heavy atom. The second-order valence-electron chi connectivity index (χ2n) is 5.57. The smallest absolute Gasteiger partial charge is 0.323 e. The first-order chi connectivity index (χ1) is 11.2. The molecule has 116 valence electrons. The predicted octanol–water partition coefficient (Wildman–Crippen LogP) is 1.98. The molecule has 1 saturated carbocycles. The molecule has 23 heavy (non-hydrogen) atoms. The fraction of sp³-hybridized carbons (Fsp3) is 0.250. The van der Waals surface area contributed by atoms with Crippen LogP contribution in [0.2, 0.25) is 0 Å². The fourth-order valence-electron chi connectivity index (χ4n) is 2.78. The van der Waals surface area contributed by atoms with Crippen molar-refractivity contribution < 1.29 is 19.2 Å². The van der Waals surface area contributed by atoms with Crippen molar-refractivity contribution >= 4 is 17.8 Å². The highest BCUT2D eigenvalue weighted by Gasteiger charge is 2.39. The molecular weight excluding hydrogens is 298 g/mol. The van der Waals surface area contributed by atoms with Crippen LogP contribution in [0.25, 0.3) is 0 Å². The van der Waals surface area contributed by atoms with Crippen molar-refractivity contribution in [2.75, 3.05) is 0 Å². The minimum Gasteiger partial charge on any atom is -0.323 e. The van der Waals surface area contributed by atoms with Gasteiger partial charge in [-0.15, -0.1) is 0 Å². The Morgan fingerprint density at radius 2 is 1.74 bits per heavy atom. The fourth-order valence-corrected chi connectivity index (χ4v) is 2.78. The van der Waals surface area contributed by atoms with Gasteiger partial charge in [-0.2, -0.15) is 5.10 Å². The van der Waals surface area contributed by atoms with E-state index < -0.39 is 17.8 Å². The Kier molecular flexibility index (Phi) is 3.00. The zero-order chi connectivity index (χ0) is 16.0. The van der Waals surface area contributed by atoms with E-state index in [9.17, 15) is 14.4 Å². The summed E-state index contributed by atoms with van der Waals surface area (Å²) >= 11 is 0. The van der Waals surface area contributed by atoms with Gasteiger partial charge in [-0.05, 0) is 37.5 Å². The molecule has 2 amide bonds. The molecule has 0 spiro atoms. The lowest BCUT2D eigenvalue weighted by atomic mass is 9.93. The number of aromatic nitrogens is 2. The summed E-state index contributed by atoms with van der Waals surface area (Å²) in [7, 11) is 0. The summed E-state index contributed by atoms with van der Waals surface area (Å²) in [5, 5.41) is 4.66. The van der Waals surface area contributed by atoms with Crippen LogP contribution in [0.3, 0.4) is 0 Å². The zero-order valence-electron chi connectivity index (χ0n) is 12.1. The van der Waals surface area contributed by atoms with Gasteiger partial charge < -0.3 is 4.84 Å². The minimum atomic E-state index is -0.760. The molecule has 1 aliphatic heterocycles. The minimum absolute atomic E-state index is 0.176. The number of imide groups is 1. The highest BCUT2D eigenvalue weighted by molar-refractivity contribution is 6.21. The molecule has 2 heterocycles. The summed E-state index contributed by atoms with van der Waals surface area (Å²) in [4.78, 5) is 41.8. The van der Waals surface area contributed by atoms with E-state index in [2.05, 4.69) is 5.10 Å². The first-order valence-corrected chi connectivity index (χ1v) is 7.40. The molecule has 4 rings (SSSR count). The molecule has 1 aromatic carbocycles. The van der Waals surface area contributed by atoms with E-state index in [0.717, 1.165) is 19.3 Å². The van der Waals surface area contributed by atoms with Crippen LogP contribution in [-0.2, 0) is 4.84 Å². The van der Waals surface area contributed by atoms with Crippen LogP contribution >= 0.6 is 0 Å². The molecule has 1 aromatic heterocycles. The molecule has 1 fully saturated rings. The maximum absolute atomic E-state index is 12.3. The Bertz CT molecular complexity index is 787. The highest BCUT2D eigenvalue weighted by Crippen LogP contribution is 2.32. The summed E-state index contributed by atoms with van der Waals surface area (Å²) in [6.45, 7) is 0. The van der Waals surface area contributed by atoms with Gasteiger partial charge in [0.25, 0.3) is 11.8 Å². The monoisotopic (exact) mass is 311 g/mol. The number of nitrogens with zero attached hydrogens (tertiary/aromatic N) is 3. The van der Waals surface area contributed by atoms with E-state index in [4.69, 9.17) is 4.84 Å². The lowest BCUT2D eigenvalue weighted by molar-refractivity contribution is -0.0594. The van der Waals surface area contributed by atoms with Gasteiger partial charge in [0.15, 0.2) is 0 Å². The Hall–Kier alpha value is -2.96. The van der Waals surface area contributed by atoms with Crippen LogP contribution in [-0.4, -0.2) is 32.6 Å². The second-order valence-corrected chi connectivity index (χ2v) is 5.57. The summed E-state index contributed by atoms with van der Waals surface area (Å²) in [5.41, 5.74) is 0.710. The number of hydroxylamine groups is 2. The molecule has 0 radical (unpaired) electrons. The molecule has 0 bridgehead atoms. The number of rotatable bonds is 3. The second kappa shape index (κ2) is 5.05. The van der Waals surface area contributed by atoms with Crippen molar-refractivity contribution in [2.24, 2.45) is 0 Å². The third kappa shape index (κ3) is 2.04. The van der Waals surface area contributed by atoms with Gasteiger partial charge >= 0.3 is 5.97 Å². The number of hydrogen-bond acceptors (Lipinski definition) is 5. The number of hydrogen-bond donors (Lipinski definition) is 0. The van der Waals surface area contributed by atoms with Crippen molar-refractivity contribution in [2.45, 2.75) is 25.3 Å². The van der Waals surface area contributed by atoms with Crippen molar-refractivity contribution in [3.05, 3.63) is 53.3 Å². The van der Waals surface area contributed by atoms with E-state index >= 15 is 0 Å². The molecule has 2 aliphatic rings. The van der Waals surface area contributed by atoms with Crippen LogP contribution in [0.4, 0.5) is 0 Å². The number of fused-ring (bicyclic) bond motifs is 1. The van der Waals surface area contributed by atoms with Gasteiger partial charge in [-0.25, -0.2) is 4.79 Å². The Labute approximate surface area is 131 Å². The summed E-state index contributed by atoms with van der Waals surface area (Å²) in [6.07, 6.45) is 4.51. The van der Waals surface area contributed by atoms with Crippen molar-refractivity contribution in [1.82, 2.24) is 14.8 Å². The van der Waals surface area contributed by atoms with Crippen molar-refractivity contribution in [3.8, 4) is 0 Å². The Morgan fingerprint density at radius 1 is 1.09 bits per heavy atom. The van der Waals surface area contributed by atoms with Crippen LogP contribution in [0.5, 0.6) is 0 Å². The molecule has 2 aromatic rings. The lowest BCUT2D eigenvalue weighted by Crippen LogP contribution is -2.34. The van der Waals surface area contributed by atoms with Crippen LogP contribution in [0, 0.1) is 0 Å². The van der Waals surface area contributed by atoms with Gasteiger partial charge in [0.05, 0.1) is 17.2 Å². The van der Waals surface area contributed by atoms with Crippen molar-refractivity contribution in [1.29, 1.82) is 0 Å². The van der Waals surface area contributed by atoms with Gasteiger partial charge in [0.2, 0.25) is 0 Å². The molecular formula is C16H13N3O4. The molecule has 0 N–H and O–H groups in total. The molecule has 7 heteroatoms. The van der Waals surface area contributed by atoms with Crippen molar-refractivity contribution in [3.63, 3.8) is 0 Å². The van der Waals surface area contributed by atoms with Gasteiger partial charge in [-0.3, -0.25) is 14.3 Å². The average molecular weight is 311 g/mol. The van der Waals surface area contributed by atoms with E-state index in [0.29, 0.717) is 5.06 Å². The van der Waals surface area contributed by atoms with Gasteiger partial charge in [0, 0.05) is 6.20 Å². The maximum Gasteiger partial charge on any atom is 0.381 e. The number of carbonyl (C=O) groups excluding carboxylic acids is 3. The SMILES string of the molecule is O=C(ON1C(=O)c2ccccc2C1=O)c1ccnn1C1CCC1. The molecule has 0 atom stereocenters. The van der Waals surface area contributed by atoms with Crippen LogP contribution < -0.4 is 0 Å². The average Bonchev–Trinajstić information content (AvgIpc) is 3.06. The highest BCUT2D eigenvalue weighted by atomic mass is 16.7. The normalized spacial score (nSPS) is 17.1. The van der Waals surface area contributed by atoms with E-state index in [-0.39, 0.29) is 22.9 Å². The topological polar surface area (TPSA) is 81.5 Å². The first-order valence-electron chi connectivity index (χ1n) is 7.40. The molecule has 7 nitrogen and oxygen atoms in total. The van der Waals surface area contributed by atoms with Crippen LogP contribution in [0.1, 0.15) is 56.5 Å². The largest absolute Gasteiger partial charge is 0.381 e. The maximum atomic E-state index is 12.3. The number of amides is 2. The summed E-state index contributed by atoms with van der Waals surface area (Å²) in [6, 6.07) is 8.07. The standard InChI is InChI=1S/C16H13N3O4/c20-14-11-6-1-2-7-12(11)15(21)19(14)23-16(22)13-8-9-17-18(13)10-4-3-5-10/h1-2,6-10H,3-5H2. The lowest BCUT2D eigenvalue weighted by Gasteiger charge is -2.27. The number of carbonyl (C=O) groups is 3. The van der Waals surface area contributed by atoms with Gasteiger partial charge in [0.1, 0.15) is 5.69 Å². The molecule has 0 unspecified atom stereocenters. The summed E-state index contributed by atoms with van der Waals surface area (Å²) in [5.74, 6) is -2.02. The molecule has 0 saturated heterocycles. The molecule has 1 aliphatic carbocycles. The van der Waals surface area contributed by atoms with E-state index in [1.165, 1.54) is 24.4 Å². The summed E-state index contributed by atoms with van der Waals surface area (Å²) < 4.78 is 1.60. The zero-order valence-corrected chi connectivity index (χ0v) is 12.1. The third-order valence-corrected chi connectivity index (χ3v) is 4.23. The quantitative estimate of drug-likeness (QED) is 0.810. The third-order valence-electron chi connectivity index (χ3n) is 4.23. The van der Waals surface area contributed by atoms with E-state index in [1.54, 1.807) is 16.8 Å².